The number of para-hydroxylation sites is 1. The molecule has 41 heavy (non-hydrogen) atoms. The molecule has 1 atom stereocenters. The number of ether oxygens (including phenoxy) is 1. The van der Waals surface area contributed by atoms with Gasteiger partial charge in [0.15, 0.2) is 11.2 Å². The number of sulfonamides is 1. The normalized spacial score (nSPS) is 11.9. The van der Waals surface area contributed by atoms with E-state index in [1.165, 1.54) is 41.7 Å². The lowest BCUT2D eigenvalue weighted by atomic mass is 10.1. The number of hydrogen-bond acceptors (Lipinski definition) is 5. The molecule has 0 aliphatic carbocycles. The third-order valence-corrected chi connectivity index (χ3v) is 8.77. The van der Waals surface area contributed by atoms with E-state index in [9.17, 15) is 18.0 Å². The third kappa shape index (κ3) is 7.34. The number of halogens is 1. The van der Waals surface area contributed by atoms with Gasteiger partial charge >= 0.3 is 0 Å². The second-order valence-electron chi connectivity index (χ2n) is 9.44. The number of nitrogens with one attached hydrogen (secondary N) is 1. The number of hydrogen-bond donors (Lipinski definition) is 1. The Hall–Kier alpha value is -4.14. The number of anilines is 2. The molecule has 0 radical (unpaired) electrons. The van der Waals surface area contributed by atoms with Gasteiger partial charge in [0, 0.05) is 12.2 Å². The van der Waals surface area contributed by atoms with Crippen LogP contribution in [-0.2, 0) is 21.2 Å². The van der Waals surface area contributed by atoms with Crippen LogP contribution in [0.4, 0.5) is 11.4 Å². The average Bonchev–Trinajstić information content (AvgIpc) is 3.00. The third-order valence-electron chi connectivity index (χ3n) is 6.53. The lowest BCUT2D eigenvalue weighted by molar-refractivity contribution is -0.115. The maximum Gasteiger partial charge on any atom is 0.264 e. The number of benzene rings is 4. The largest absolute Gasteiger partial charge is 0.496 e. The van der Waals surface area contributed by atoms with Crippen molar-refractivity contribution in [2.45, 2.75) is 30.0 Å². The van der Waals surface area contributed by atoms with Gasteiger partial charge in [0.1, 0.15) is 5.75 Å². The second kappa shape index (κ2) is 13.5. The number of carbonyl (C=O) groups is 2. The van der Waals surface area contributed by atoms with E-state index in [-0.39, 0.29) is 17.0 Å². The summed E-state index contributed by atoms with van der Waals surface area (Å²) in [6.07, 6.45) is 1.36. The standard InChI is InChI=1S/C32H31ClN2O5S/c1-23-14-18-26(19-15-23)35(22-8-11-24-9-4-3-5-10-24)41(38,39)27-20-16-25(17-21-27)34-32(37)30(33)31(36)28-12-6-7-13-29(28)40-2/h3-7,9-10,12-21,30H,8,11,22H2,1-2H3,(H,34,37). The fourth-order valence-corrected chi connectivity index (χ4v) is 5.99. The summed E-state index contributed by atoms with van der Waals surface area (Å²) in [6, 6.07) is 29.5. The van der Waals surface area contributed by atoms with Gasteiger partial charge < -0.3 is 10.1 Å². The molecule has 0 saturated heterocycles. The zero-order chi connectivity index (χ0) is 29.4. The zero-order valence-corrected chi connectivity index (χ0v) is 24.4. The molecular weight excluding hydrogens is 560 g/mol. The van der Waals surface area contributed by atoms with E-state index < -0.39 is 27.1 Å². The molecule has 0 aromatic heterocycles. The SMILES string of the molecule is COc1ccccc1C(=O)C(Cl)C(=O)Nc1ccc(S(=O)(=O)N(CCCc2ccccc2)c2ccc(C)cc2)cc1. The molecule has 0 saturated carbocycles. The van der Waals surface area contributed by atoms with Gasteiger partial charge in [-0.1, -0.05) is 60.2 Å². The minimum atomic E-state index is -3.91. The van der Waals surface area contributed by atoms with E-state index in [4.69, 9.17) is 16.3 Å². The van der Waals surface area contributed by atoms with Gasteiger partial charge in [0.25, 0.3) is 10.0 Å². The predicted octanol–water partition coefficient (Wildman–Crippen LogP) is 6.26. The van der Waals surface area contributed by atoms with Crippen LogP contribution in [0.25, 0.3) is 0 Å². The van der Waals surface area contributed by atoms with Crippen molar-refractivity contribution >= 4 is 44.7 Å². The van der Waals surface area contributed by atoms with Crippen LogP contribution >= 0.6 is 11.6 Å². The molecule has 0 fully saturated rings. The highest BCUT2D eigenvalue weighted by molar-refractivity contribution is 7.92. The summed E-state index contributed by atoms with van der Waals surface area (Å²) < 4.78 is 34.1. The summed E-state index contributed by atoms with van der Waals surface area (Å²) in [5.74, 6) is -1.03. The van der Waals surface area contributed by atoms with Gasteiger partial charge in [0.05, 0.1) is 23.3 Å². The van der Waals surface area contributed by atoms with Crippen molar-refractivity contribution < 1.29 is 22.7 Å². The minimum absolute atomic E-state index is 0.0725. The molecule has 0 spiro atoms. The lowest BCUT2D eigenvalue weighted by Crippen LogP contribution is -2.32. The molecule has 0 aliphatic heterocycles. The van der Waals surface area contributed by atoms with Gasteiger partial charge in [-0.25, -0.2) is 8.42 Å². The van der Waals surface area contributed by atoms with Crippen molar-refractivity contribution in [1.29, 1.82) is 0 Å². The molecule has 4 rings (SSSR count). The molecule has 7 nitrogen and oxygen atoms in total. The van der Waals surface area contributed by atoms with Crippen LogP contribution in [0.5, 0.6) is 5.75 Å². The monoisotopic (exact) mass is 590 g/mol. The molecule has 4 aromatic rings. The van der Waals surface area contributed by atoms with Gasteiger partial charge in [-0.15, -0.1) is 11.6 Å². The minimum Gasteiger partial charge on any atom is -0.496 e. The first kappa shape index (κ1) is 29.8. The Balaban J connectivity index is 1.49. The van der Waals surface area contributed by atoms with Crippen LogP contribution in [-0.4, -0.2) is 39.1 Å². The van der Waals surface area contributed by atoms with Crippen molar-refractivity contribution in [2.75, 3.05) is 23.3 Å². The Labute approximate surface area is 245 Å². The fourth-order valence-electron chi connectivity index (χ4n) is 4.32. The van der Waals surface area contributed by atoms with E-state index in [1.54, 1.807) is 30.3 Å². The predicted molar refractivity (Wildman–Crippen MR) is 163 cm³/mol. The number of alkyl halides is 1. The summed E-state index contributed by atoms with van der Waals surface area (Å²) in [4.78, 5) is 25.6. The highest BCUT2D eigenvalue weighted by Gasteiger charge is 2.28. The van der Waals surface area contributed by atoms with Gasteiger partial charge in [-0.3, -0.25) is 13.9 Å². The quantitative estimate of drug-likeness (QED) is 0.119. The molecule has 0 heterocycles. The molecule has 4 aromatic carbocycles. The Morgan fingerprint density at radius 3 is 2.17 bits per heavy atom. The Morgan fingerprint density at radius 1 is 0.878 bits per heavy atom. The van der Waals surface area contributed by atoms with Crippen LogP contribution < -0.4 is 14.4 Å². The van der Waals surface area contributed by atoms with Crippen LogP contribution in [0.2, 0.25) is 0 Å². The van der Waals surface area contributed by atoms with Gasteiger partial charge in [-0.2, -0.15) is 0 Å². The first-order chi connectivity index (χ1) is 19.7. The topological polar surface area (TPSA) is 92.8 Å². The second-order valence-corrected chi connectivity index (χ2v) is 11.7. The summed E-state index contributed by atoms with van der Waals surface area (Å²) in [5, 5.41) is 1.08. The lowest BCUT2D eigenvalue weighted by Gasteiger charge is -2.25. The molecule has 1 amide bonds. The van der Waals surface area contributed by atoms with E-state index in [0.717, 1.165) is 17.5 Å². The molecule has 1 unspecified atom stereocenters. The van der Waals surface area contributed by atoms with E-state index >= 15 is 0 Å². The van der Waals surface area contributed by atoms with E-state index in [0.29, 0.717) is 23.5 Å². The average molecular weight is 591 g/mol. The van der Waals surface area contributed by atoms with Gasteiger partial charge in [0.2, 0.25) is 5.91 Å². The number of aryl methyl sites for hydroxylation is 2. The number of nitrogens with zero attached hydrogens (tertiary/aromatic N) is 1. The van der Waals surface area contributed by atoms with E-state index in [2.05, 4.69) is 5.32 Å². The Bertz CT molecular complexity index is 1590. The molecule has 212 valence electrons. The number of methoxy groups -OCH3 is 1. The first-order valence-electron chi connectivity index (χ1n) is 13.1. The van der Waals surface area contributed by atoms with Crippen LogP contribution in [0, 0.1) is 6.92 Å². The summed E-state index contributed by atoms with van der Waals surface area (Å²) in [5.41, 5.74) is 3.22. The van der Waals surface area contributed by atoms with Crippen LogP contribution in [0.15, 0.2) is 108 Å². The number of rotatable bonds is 12. The molecular formula is C32H31ClN2O5S. The number of carbonyl (C=O) groups excluding carboxylic acids is 2. The number of amides is 1. The van der Waals surface area contributed by atoms with Crippen molar-refractivity contribution in [3.8, 4) is 5.75 Å². The summed E-state index contributed by atoms with van der Waals surface area (Å²) >= 11 is 6.19. The van der Waals surface area contributed by atoms with Crippen molar-refractivity contribution in [1.82, 2.24) is 0 Å². The number of Topliss-reactive ketones (excluding diaryl/α,β-unsaturated/α-hetero) is 1. The summed E-state index contributed by atoms with van der Waals surface area (Å²) in [6.45, 7) is 2.23. The smallest absolute Gasteiger partial charge is 0.264 e. The Kier molecular flexibility index (Phi) is 9.81. The van der Waals surface area contributed by atoms with Gasteiger partial charge in [-0.05, 0) is 73.9 Å². The Morgan fingerprint density at radius 2 is 1.51 bits per heavy atom. The highest BCUT2D eigenvalue weighted by Crippen LogP contribution is 2.27. The molecule has 0 aliphatic rings. The van der Waals surface area contributed by atoms with Crippen molar-refractivity contribution in [2.24, 2.45) is 0 Å². The maximum absolute atomic E-state index is 13.8. The highest BCUT2D eigenvalue weighted by atomic mass is 35.5. The number of ketones is 1. The van der Waals surface area contributed by atoms with Crippen LogP contribution in [0.1, 0.15) is 27.9 Å². The molecule has 9 heteroatoms. The maximum atomic E-state index is 13.8. The van der Waals surface area contributed by atoms with Crippen molar-refractivity contribution in [3.63, 3.8) is 0 Å². The first-order valence-corrected chi connectivity index (χ1v) is 14.9. The van der Waals surface area contributed by atoms with E-state index in [1.807, 2.05) is 49.4 Å². The summed E-state index contributed by atoms with van der Waals surface area (Å²) in [7, 11) is -2.49. The molecule has 1 N–H and O–H groups in total. The van der Waals surface area contributed by atoms with Crippen LogP contribution in [0.3, 0.4) is 0 Å². The fraction of sp³-hybridized carbons (Fsp3) is 0.188. The zero-order valence-electron chi connectivity index (χ0n) is 22.8. The van der Waals surface area contributed by atoms with Crippen molar-refractivity contribution in [3.05, 3.63) is 120 Å². The molecule has 0 bridgehead atoms.